The van der Waals surface area contributed by atoms with Gasteiger partial charge in [-0.2, -0.15) is 5.10 Å². The van der Waals surface area contributed by atoms with E-state index in [0.717, 1.165) is 26.4 Å². The Bertz CT molecular complexity index is 565. The average Bonchev–Trinajstić information content (AvgIpc) is 2.57. The van der Waals surface area contributed by atoms with Crippen molar-refractivity contribution < 1.29 is 0 Å². The maximum absolute atomic E-state index is 6.24. The Morgan fingerprint density at radius 3 is 2.72 bits per heavy atom. The van der Waals surface area contributed by atoms with Crippen LogP contribution in [0.5, 0.6) is 0 Å². The van der Waals surface area contributed by atoms with Crippen molar-refractivity contribution in [3.05, 3.63) is 45.1 Å². The molecule has 5 heteroatoms. The number of aromatic nitrogens is 2. The molecule has 0 fully saturated rings. The van der Waals surface area contributed by atoms with Crippen LogP contribution in [0.15, 0.2) is 28.9 Å². The van der Waals surface area contributed by atoms with Gasteiger partial charge in [0.1, 0.15) is 0 Å². The first kappa shape index (κ1) is 13.4. The first-order valence-electron chi connectivity index (χ1n) is 5.69. The van der Waals surface area contributed by atoms with Crippen LogP contribution in [0.25, 0.3) is 0 Å². The maximum atomic E-state index is 6.24. The largest absolute Gasteiger partial charge is 0.376 e. The second-order valence-electron chi connectivity index (χ2n) is 4.33. The van der Waals surface area contributed by atoms with Gasteiger partial charge in [-0.1, -0.05) is 33.6 Å². The van der Waals surface area contributed by atoms with E-state index in [0.29, 0.717) is 0 Å². The van der Waals surface area contributed by atoms with Crippen LogP contribution in [0.2, 0.25) is 5.02 Å². The average molecular weight is 329 g/mol. The molecule has 96 valence electrons. The Balaban J connectivity index is 2.21. The van der Waals surface area contributed by atoms with Crippen LogP contribution >= 0.6 is 27.5 Å². The minimum Gasteiger partial charge on any atom is -0.376 e. The van der Waals surface area contributed by atoms with Crippen LogP contribution in [0.4, 0.5) is 5.69 Å². The number of anilines is 1. The molecule has 0 radical (unpaired) electrons. The first-order chi connectivity index (χ1) is 8.47. The summed E-state index contributed by atoms with van der Waals surface area (Å²) in [4.78, 5) is 0. The molecule has 2 aromatic rings. The zero-order chi connectivity index (χ0) is 13.3. The lowest BCUT2D eigenvalue weighted by Gasteiger charge is -2.16. The van der Waals surface area contributed by atoms with E-state index in [2.05, 4.69) is 33.3 Å². The van der Waals surface area contributed by atoms with Gasteiger partial charge >= 0.3 is 0 Å². The van der Waals surface area contributed by atoms with Crippen molar-refractivity contribution in [2.45, 2.75) is 19.9 Å². The molecule has 1 N–H and O–H groups in total. The summed E-state index contributed by atoms with van der Waals surface area (Å²) in [7, 11) is 1.91. The number of nitrogens with one attached hydrogen (secondary N) is 1. The predicted octanol–water partition coefficient (Wildman–Crippen LogP) is 4.32. The summed E-state index contributed by atoms with van der Waals surface area (Å²) >= 11 is 9.65. The van der Waals surface area contributed by atoms with Gasteiger partial charge in [0.2, 0.25) is 0 Å². The van der Waals surface area contributed by atoms with Gasteiger partial charge in [-0.3, -0.25) is 4.68 Å². The van der Waals surface area contributed by atoms with E-state index in [1.54, 1.807) is 4.68 Å². The molecule has 0 aliphatic rings. The lowest BCUT2D eigenvalue weighted by molar-refractivity contribution is 0.756. The molecule has 1 aromatic heterocycles. The predicted molar refractivity (Wildman–Crippen MR) is 79.1 cm³/mol. The van der Waals surface area contributed by atoms with Gasteiger partial charge in [-0.15, -0.1) is 0 Å². The van der Waals surface area contributed by atoms with Gasteiger partial charge in [-0.25, -0.2) is 0 Å². The highest BCUT2D eigenvalue weighted by molar-refractivity contribution is 9.10. The van der Waals surface area contributed by atoms with Crippen LogP contribution in [-0.4, -0.2) is 9.78 Å². The summed E-state index contributed by atoms with van der Waals surface area (Å²) in [5.41, 5.74) is 3.09. The molecule has 0 spiro atoms. The molecule has 0 aliphatic carbocycles. The highest BCUT2D eigenvalue weighted by atomic mass is 79.9. The molecule has 1 atom stereocenters. The van der Waals surface area contributed by atoms with E-state index in [1.807, 2.05) is 38.4 Å². The van der Waals surface area contributed by atoms with Crippen molar-refractivity contribution in [2.24, 2.45) is 7.05 Å². The minimum absolute atomic E-state index is 0.133. The Morgan fingerprint density at radius 2 is 2.17 bits per heavy atom. The van der Waals surface area contributed by atoms with Gasteiger partial charge in [-0.05, 0) is 31.5 Å². The molecule has 1 heterocycles. The van der Waals surface area contributed by atoms with E-state index < -0.39 is 0 Å². The van der Waals surface area contributed by atoms with E-state index >= 15 is 0 Å². The topological polar surface area (TPSA) is 29.9 Å². The lowest BCUT2D eigenvalue weighted by Crippen LogP contribution is -2.07. The number of rotatable bonds is 3. The zero-order valence-corrected chi connectivity index (χ0v) is 12.9. The van der Waals surface area contributed by atoms with Crippen LogP contribution in [-0.2, 0) is 7.05 Å². The molecule has 1 aromatic carbocycles. The zero-order valence-electron chi connectivity index (χ0n) is 10.5. The van der Waals surface area contributed by atoms with Crippen LogP contribution in [0, 0.1) is 6.92 Å². The molecule has 18 heavy (non-hydrogen) atoms. The Hall–Kier alpha value is -1.000. The molecular weight excluding hydrogens is 314 g/mol. The highest BCUT2D eigenvalue weighted by Crippen LogP contribution is 2.29. The molecule has 0 saturated carbocycles. The van der Waals surface area contributed by atoms with Crippen LogP contribution in [0.3, 0.4) is 0 Å². The molecule has 0 aliphatic heterocycles. The van der Waals surface area contributed by atoms with Gasteiger partial charge in [0, 0.05) is 22.7 Å². The quantitative estimate of drug-likeness (QED) is 0.909. The number of hydrogen-bond donors (Lipinski definition) is 1. The number of hydrogen-bond acceptors (Lipinski definition) is 2. The molecule has 2 rings (SSSR count). The third-order valence-corrected chi connectivity index (χ3v) is 3.64. The van der Waals surface area contributed by atoms with Gasteiger partial charge in [0.15, 0.2) is 0 Å². The molecule has 0 bridgehead atoms. The number of nitrogens with zero attached hydrogens (tertiary/aromatic N) is 2. The van der Waals surface area contributed by atoms with Crippen molar-refractivity contribution in [1.29, 1.82) is 0 Å². The lowest BCUT2D eigenvalue weighted by atomic mass is 10.1. The fourth-order valence-electron chi connectivity index (χ4n) is 1.90. The normalized spacial score (nSPS) is 12.5. The Labute approximate surface area is 120 Å². The summed E-state index contributed by atoms with van der Waals surface area (Å²) in [6.07, 6.45) is 1.97. The Kier molecular flexibility index (Phi) is 3.97. The van der Waals surface area contributed by atoms with Crippen molar-refractivity contribution in [2.75, 3.05) is 5.32 Å². The van der Waals surface area contributed by atoms with Gasteiger partial charge in [0.25, 0.3) is 0 Å². The fraction of sp³-hybridized carbons (Fsp3) is 0.308. The smallest absolute Gasteiger partial charge is 0.0825 e. The number of aryl methyl sites for hydroxylation is 2. The highest BCUT2D eigenvalue weighted by Gasteiger charge is 2.12. The van der Waals surface area contributed by atoms with E-state index in [4.69, 9.17) is 11.6 Å². The molecule has 0 amide bonds. The number of benzene rings is 1. The van der Waals surface area contributed by atoms with E-state index in [9.17, 15) is 0 Å². The molecular formula is C13H15BrClN3. The Morgan fingerprint density at radius 1 is 1.44 bits per heavy atom. The second kappa shape index (κ2) is 5.33. The number of halogens is 2. The third kappa shape index (κ3) is 2.87. The van der Waals surface area contributed by atoms with Crippen molar-refractivity contribution in [1.82, 2.24) is 9.78 Å². The molecule has 0 saturated heterocycles. The fourth-order valence-corrected chi connectivity index (χ4v) is 2.74. The standard InChI is InChI=1S/C13H15BrClN3/c1-8(11-5-4-10(14)6-12(11)15)16-13-7-18(3)17-9(13)2/h4-8,16H,1-3H3. The first-order valence-corrected chi connectivity index (χ1v) is 6.86. The van der Waals surface area contributed by atoms with Crippen LogP contribution in [0.1, 0.15) is 24.2 Å². The van der Waals surface area contributed by atoms with Crippen molar-refractivity contribution >= 4 is 33.2 Å². The summed E-state index contributed by atoms with van der Waals surface area (Å²) in [5, 5.41) is 8.49. The molecule has 3 nitrogen and oxygen atoms in total. The van der Waals surface area contributed by atoms with E-state index in [1.165, 1.54) is 0 Å². The second-order valence-corrected chi connectivity index (χ2v) is 5.66. The SMILES string of the molecule is Cc1nn(C)cc1NC(C)c1ccc(Br)cc1Cl. The van der Waals surface area contributed by atoms with Crippen LogP contribution < -0.4 is 5.32 Å². The monoisotopic (exact) mass is 327 g/mol. The summed E-state index contributed by atoms with van der Waals surface area (Å²) < 4.78 is 2.79. The van der Waals surface area contributed by atoms with Gasteiger partial charge in [0.05, 0.1) is 17.4 Å². The summed E-state index contributed by atoms with van der Waals surface area (Å²) in [5.74, 6) is 0. The maximum Gasteiger partial charge on any atom is 0.0825 e. The summed E-state index contributed by atoms with van der Waals surface area (Å²) in [6.45, 7) is 4.07. The minimum atomic E-state index is 0.133. The van der Waals surface area contributed by atoms with Crippen molar-refractivity contribution in [3.8, 4) is 0 Å². The summed E-state index contributed by atoms with van der Waals surface area (Å²) in [6, 6.07) is 6.06. The van der Waals surface area contributed by atoms with Gasteiger partial charge < -0.3 is 5.32 Å². The third-order valence-electron chi connectivity index (χ3n) is 2.81. The molecule has 1 unspecified atom stereocenters. The van der Waals surface area contributed by atoms with E-state index in [-0.39, 0.29) is 6.04 Å². The van der Waals surface area contributed by atoms with Crippen molar-refractivity contribution in [3.63, 3.8) is 0 Å².